The van der Waals surface area contributed by atoms with E-state index >= 15 is 0 Å². The van der Waals surface area contributed by atoms with Gasteiger partial charge in [0.1, 0.15) is 5.82 Å². The van der Waals surface area contributed by atoms with Crippen LogP contribution < -0.4 is 0 Å². The minimum absolute atomic E-state index is 0.326. The molecule has 1 amide bonds. The van der Waals surface area contributed by atoms with E-state index in [0.717, 1.165) is 44.6 Å². The van der Waals surface area contributed by atoms with Crippen molar-refractivity contribution >= 4 is 5.91 Å². The van der Waals surface area contributed by atoms with E-state index < -0.39 is 0 Å². The summed E-state index contributed by atoms with van der Waals surface area (Å²) >= 11 is 0. The van der Waals surface area contributed by atoms with Gasteiger partial charge in [0.2, 0.25) is 5.91 Å². The predicted molar refractivity (Wildman–Crippen MR) is 87.6 cm³/mol. The van der Waals surface area contributed by atoms with E-state index in [2.05, 4.69) is 46.6 Å². The summed E-state index contributed by atoms with van der Waals surface area (Å²) in [5, 5.41) is 0. The van der Waals surface area contributed by atoms with E-state index in [4.69, 9.17) is 0 Å². The van der Waals surface area contributed by atoms with Gasteiger partial charge in [0.25, 0.3) is 0 Å². The van der Waals surface area contributed by atoms with Crippen molar-refractivity contribution in [2.45, 2.75) is 57.9 Å². The smallest absolute Gasteiger partial charge is 0.223 e. The van der Waals surface area contributed by atoms with Gasteiger partial charge in [-0.1, -0.05) is 26.0 Å². The van der Waals surface area contributed by atoms with Crippen LogP contribution in [0.3, 0.4) is 0 Å². The monoisotopic (exact) mass is 301 g/mol. The third-order valence-corrected chi connectivity index (χ3v) is 4.91. The molecule has 0 saturated carbocycles. The first-order valence-corrected chi connectivity index (χ1v) is 8.62. The van der Waals surface area contributed by atoms with Gasteiger partial charge in [-0.3, -0.25) is 4.79 Å². The molecule has 1 aromatic heterocycles. The first kappa shape index (κ1) is 15.3. The number of nitrogens with zero attached hydrogens (tertiary/aromatic N) is 3. The van der Waals surface area contributed by atoms with Gasteiger partial charge in [-0.2, -0.15) is 0 Å². The van der Waals surface area contributed by atoms with E-state index in [9.17, 15) is 4.79 Å². The molecule has 2 heterocycles. The minimum atomic E-state index is 0.326. The molecule has 4 heteroatoms. The molecule has 0 aromatic carbocycles. The summed E-state index contributed by atoms with van der Waals surface area (Å²) in [6, 6.07) is 0.386. The first-order chi connectivity index (χ1) is 10.6. The second kappa shape index (κ2) is 6.67. The van der Waals surface area contributed by atoms with E-state index in [1.807, 2.05) is 6.20 Å². The van der Waals surface area contributed by atoms with Gasteiger partial charge in [-0.05, 0) is 31.6 Å². The maximum Gasteiger partial charge on any atom is 0.223 e. The van der Waals surface area contributed by atoms with Crippen LogP contribution in [0.2, 0.25) is 0 Å². The fraction of sp³-hybridized carbons (Fsp3) is 0.667. The Morgan fingerprint density at radius 3 is 3.00 bits per heavy atom. The van der Waals surface area contributed by atoms with Gasteiger partial charge in [0.05, 0.1) is 6.04 Å². The van der Waals surface area contributed by atoms with Gasteiger partial charge >= 0.3 is 0 Å². The van der Waals surface area contributed by atoms with Crippen LogP contribution in [0.4, 0.5) is 0 Å². The molecule has 3 rings (SSSR count). The number of carbonyl (C=O) groups excluding carboxylic acids is 1. The van der Waals surface area contributed by atoms with Crippen molar-refractivity contribution in [2.24, 2.45) is 5.92 Å². The highest BCUT2D eigenvalue weighted by Crippen LogP contribution is 2.27. The number of aromatic nitrogens is 2. The van der Waals surface area contributed by atoms with Crippen LogP contribution in [0.25, 0.3) is 0 Å². The zero-order valence-electron chi connectivity index (χ0n) is 13.7. The third kappa shape index (κ3) is 3.26. The fourth-order valence-corrected chi connectivity index (χ4v) is 3.71. The molecule has 1 aliphatic heterocycles. The molecule has 4 nitrogen and oxygen atoms in total. The SMILES string of the molecule is CC(C)c1nccn1[C@H]1CCCN(C(=O)C[C@H]2C=CCC2)C1. The lowest BCUT2D eigenvalue weighted by Gasteiger charge is -2.35. The van der Waals surface area contributed by atoms with Crippen molar-refractivity contribution in [3.8, 4) is 0 Å². The summed E-state index contributed by atoms with van der Waals surface area (Å²) in [4.78, 5) is 19.1. The molecule has 0 bridgehead atoms. The Hall–Kier alpha value is -1.58. The topological polar surface area (TPSA) is 38.1 Å². The highest BCUT2D eigenvalue weighted by atomic mass is 16.2. The molecule has 22 heavy (non-hydrogen) atoms. The van der Waals surface area contributed by atoms with E-state index in [0.29, 0.717) is 30.2 Å². The normalized spacial score (nSPS) is 25.1. The van der Waals surface area contributed by atoms with Crippen LogP contribution in [-0.4, -0.2) is 33.4 Å². The number of hydrogen-bond donors (Lipinski definition) is 0. The molecule has 0 unspecified atom stereocenters. The number of allylic oxidation sites excluding steroid dienone is 2. The summed E-state index contributed by atoms with van der Waals surface area (Å²) in [6.45, 7) is 6.11. The highest BCUT2D eigenvalue weighted by molar-refractivity contribution is 5.76. The number of hydrogen-bond acceptors (Lipinski definition) is 2. The van der Waals surface area contributed by atoms with Crippen molar-refractivity contribution in [1.82, 2.24) is 14.5 Å². The molecule has 1 aliphatic carbocycles. The molecule has 0 N–H and O–H groups in total. The maximum atomic E-state index is 12.6. The summed E-state index contributed by atoms with van der Waals surface area (Å²) < 4.78 is 2.29. The third-order valence-electron chi connectivity index (χ3n) is 4.91. The van der Waals surface area contributed by atoms with Crippen LogP contribution in [0.15, 0.2) is 24.5 Å². The number of carbonyl (C=O) groups is 1. The standard InChI is InChI=1S/C18H27N3O/c1-14(2)18-19-9-11-21(18)16-8-5-10-20(13-16)17(22)12-15-6-3-4-7-15/h3,6,9,11,14-16H,4-5,7-8,10,12-13H2,1-2H3/t15-,16-/m0/s1. The lowest BCUT2D eigenvalue weighted by molar-refractivity contribution is -0.133. The highest BCUT2D eigenvalue weighted by Gasteiger charge is 2.27. The molecule has 0 spiro atoms. The number of rotatable bonds is 4. The molecule has 1 saturated heterocycles. The van der Waals surface area contributed by atoms with Gasteiger partial charge < -0.3 is 9.47 Å². The number of likely N-dealkylation sites (tertiary alicyclic amines) is 1. The average molecular weight is 301 g/mol. The zero-order chi connectivity index (χ0) is 15.5. The van der Waals surface area contributed by atoms with Crippen molar-refractivity contribution < 1.29 is 4.79 Å². The van der Waals surface area contributed by atoms with Crippen LogP contribution in [0.5, 0.6) is 0 Å². The summed E-state index contributed by atoms with van der Waals surface area (Å²) in [7, 11) is 0. The quantitative estimate of drug-likeness (QED) is 0.798. The van der Waals surface area contributed by atoms with Crippen molar-refractivity contribution in [3.05, 3.63) is 30.4 Å². The fourth-order valence-electron chi connectivity index (χ4n) is 3.71. The van der Waals surface area contributed by atoms with Crippen LogP contribution in [0.1, 0.15) is 63.7 Å². The molecule has 1 aromatic rings. The largest absolute Gasteiger partial charge is 0.341 e. The molecule has 0 radical (unpaired) electrons. The van der Waals surface area contributed by atoms with E-state index in [-0.39, 0.29) is 0 Å². The Kier molecular flexibility index (Phi) is 4.65. The lowest BCUT2D eigenvalue weighted by atomic mass is 10.0. The maximum absolute atomic E-state index is 12.6. The molecular formula is C18H27N3O. The molecule has 2 atom stereocenters. The zero-order valence-corrected chi connectivity index (χ0v) is 13.7. The number of imidazole rings is 1. The molecule has 2 aliphatic rings. The number of amides is 1. The molecule has 120 valence electrons. The summed E-state index contributed by atoms with van der Waals surface area (Å²) in [5.74, 6) is 2.35. The van der Waals surface area contributed by atoms with Gasteiger partial charge in [-0.25, -0.2) is 4.98 Å². The van der Waals surface area contributed by atoms with Crippen molar-refractivity contribution in [2.75, 3.05) is 13.1 Å². The van der Waals surface area contributed by atoms with E-state index in [1.54, 1.807) is 0 Å². The molecular weight excluding hydrogens is 274 g/mol. The Labute approximate surface area is 133 Å². The van der Waals surface area contributed by atoms with Crippen LogP contribution in [-0.2, 0) is 4.79 Å². The van der Waals surface area contributed by atoms with Crippen LogP contribution >= 0.6 is 0 Å². The van der Waals surface area contributed by atoms with Crippen LogP contribution in [0, 0.1) is 5.92 Å². The van der Waals surface area contributed by atoms with Crippen molar-refractivity contribution in [1.29, 1.82) is 0 Å². The van der Waals surface area contributed by atoms with Crippen molar-refractivity contribution in [3.63, 3.8) is 0 Å². The average Bonchev–Trinajstić information content (AvgIpc) is 3.18. The minimum Gasteiger partial charge on any atom is -0.341 e. The second-order valence-corrected chi connectivity index (χ2v) is 6.95. The van der Waals surface area contributed by atoms with E-state index in [1.165, 1.54) is 0 Å². The first-order valence-electron chi connectivity index (χ1n) is 8.62. The Morgan fingerprint density at radius 2 is 2.27 bits per heavy atom. The van der Waals surface area contributed by atoms with Gasteiger partial charge in [0.15, 0.2) is 0 Å². The second-order valence-electron chi connectivity index (χ2n) is 6.95. The Balaban J connectivity index is 1.64. The summed E-state index contributed by atoms with van der Waals surface area (Å²) in [6.07, 6.45) is 13.6. The Bertz CT molecular complexity index is 546. The molecule has 1 fully saturated rings. The van der Waals surface area contributed by atoms with Gasteiger partial charge in [-0.15, -0.1) is 0 Å². The van der Waals surface area contributed by atoms with Gasteiger partial charge in [0, 0.05) is 37.8 Å². The lowest BCUT2D eigenvalue weighted by Crippen LogP contribution is -2.41. The predicted octanol–water partition coefficient (Wildman–Crippen LogP) is 3.53. The summed E-state index contributed by atoms with van der Waals surface area (Å²) in [5.41, 5.74) is 0. The Morgan fingerprint density at radius 1 is 1.41 bits per heavy atom. The number of piperidine rings is 1.